The standard InChI is InChI=1S/C17H14F3NO2S/c18-17(19,20)16(23)21-15-13(11-8-4-5-9-12(11)24-15)14(22)10-6-2-1-3-7-10/h1-3,6-7H,4-5,8-9H2,(H,21,23). The molecule has 1 aliphatic carbocycles. The lowest BCUT2D eigenvalue weighted by molar-refractivity contribution is -0.167. The van der Waals surface area contributed by atoms with E-state index in [1.54, 1.807) is 30.3 Å². The van der Waals surface area contributed by atoms with Gasteiger partial charge in [0.25, 0.3) is 0 Å². The Hall–Kier alpha value is -2.15. The summed E-state index contributed by atoms with van der Waals surface area (Å²) in [6, 6.07) is 8.38. The van der Waals surface area contributed by atoms with Crippen LogP contribution >= 0.6 is 11.3 Å². The number of nitrogens with one attached hydrogen (secondary N) is 1. The number of fused-ring (bicyclic) bond motifs is 1. The van der Waals surface area contributed by atoms with Crippen LogP contribution in [0, 0.1) is 0 Å². The van der Waals surface area contributed by atoms with Crippen LogP contribution in [0.2, 0.25) is 0 Å². The van der Waals surface area contributed by atoms with Crippen molar-refractivity contribution in [1.82, 2.24) is 0 Å². The van der Waals surface area contributed by atoms with E-state index in [4.69, 9.17) is 0 Å². The summed E-state index contributed by atoms with van der Waals surface area (Å²) in [7, 11) is 0. The first-order valence-electron chi connectivity index (χ1n) is 7.50. The fourth-order valence-corrected chi connectivity index (χ4v) is 4.08. The van der Waals surface area contributed by atoms with E-state index in [1.807, 2.05) is 5.32 Å². The molecule has 1 aromatic heterocycles. The maximum Gasteiger partial charge on any atom is 0.471 e. The second-order valence-corrected chi connectivity index (χ2v) is 6.67. The fourth-order valence-electron chi connectivity index (χ4n) is 2.80. The lowest BCUT2D eigenvalue weighted by Gasteiger charge is -2.13. The molecule has 1 heterocycles. The number of anilines is 1. The summed E-state index contributed by atoms with van der Waals surface area (Å²) in [5.74, 6) is -2.41. The van der Waals surface area contributed by atoms with Crippen molar-refractivity contribution in [2.24, 2.45) is 0 Å². The van der Waals surface area contributed by atoms with Crippen molar-refractivity contribution in [3.05, 3.63) is 51.9 Å². The first-order chi connectivity index (χ1) is 11.4. The van der Waals surface area contributed by atoms with E-state index in [9.17, 15) is 22.8 Å². The van der Waals surface area contributed by atoms with Gasteiger partial charge in [-0.1, -0.05) is 30.3 Å². The van der Waals surface area contributed by atoms with Crippen molar-refractivity contribution in [2.45, 2.75) is 31.9 Å². The van der Waals surface area contributed by atoms with Gasteiger partial charge in [0.15, 0.2) is 5.78 Å². The SMILES string of the molecule is O=C(c1ccccc1)c1c(NC(=O)C(F)(F)F)sc2c1CCCC2. The molecule has 7 heteroatoms. The fraction of sp³-hybridized carbons (Fsp3) is 0.294. The average Bonchev–Trinajstić information content (AvgIpc) is 2.92. The molecule has 1 aliphatic rings. The van der Waals surface area contributed by atoms with Crippen molar-refractivity contribution in [2.75, 3.05) is 5.32 Å². The third-order valence-electron chi connectivity index (χ3n) is 3.92. The number of hydrogen-bond acceptors (Lipinski definition) is 3. The number of benzene rings is 1. The van der Waals surface area contributed by atoms with Gasteiger partial charge in [0, 0.05) is 10.4 Å². The largest absolute Gasteiger partial charge is 0.471 e. The first kappa shape index (κ1) is 16.7. The number of ketones is 1. The van der Waals surface area contributed by atoms with Crippen LogP contribution in [0.3, 0.4) is 0 Å². The number of aryl methyl sites for hydroxylation is 1. The van der Waals surface area contributed by atoms with Crippen molar-refractivity contribution in [3.8, 4) is 0 Å². The number of carbonyl (C=O) groups excluding carboxylic acids is 2. The Morgan fingerprint density at radius 1 is 1.04 bits per heavy atom. The third kappa shape index (κ3) is 3.21. The molecule has 0 bridgehead atoms. The van der Waals surface area contributed by atoms with Gasteiger partial charge in [-0.3, -0.25) is 9.59 Å². The number of hydrogen-bond donors (Lipinski definition) is 1. The molecule has 0 fully saturated rings. The Balaban J connectivity index is 2.04. The van der Waals surface area contributed by atoms with Gasteiger partial charge in [-0.05, 0) is 31.2 Å². The highest BCUT2D eigenvalue weighted by Crippen LogP contribution is 2.39. The van der Waals surface area contributed by atoms with E-state index >= 15 is 0 Å². The lowest BCUT2D eigenvalue weighted by Crippen LogP contribution is -2.30. The molecule has 1 N–H and O–H groups in total. The predicted molar refractivity (Wildman–Crippen MR) is 85.5 cm³/mol. The lowest BCUT2D eigenvalue weighted by atomic mass is 9.92. The molecule has 3 nitrogen and oxygen atoms in total. The second kappa shape index (κ2) is 6.39. The van der Waals surface area contributed by atoms with Gasteiger partial charge in [0.1, 0.15) is 5.00 Å². The molecule has 0 aliphatic heterocycles. The molecule has 0 spiro atoms. The molecule has 1 aromatic carbocycles. The van der Waals surface area contributed by atoms with Gasteiger partial charge in [-0.15, -0.1) is 11.3 Å². The first-order valence-corrected chi connectivity index (χ1v) is 8.32. The summed E-state index contributed by atoms with van der Waals surface area (Å²) in [4.78, 5) is 25.0. The summed E-state index contributed by atoms with van der Waals surface area (Å²) in [6.07, 6.45) is -1.82. The summed E-state index contributed by atoms with van der Waals surface area (Å²) in [6.45, 7) is 0. The predicted octanol–water partition coefficient (Wildman–Crippen LogP) is 4.36. The van der Waals surface area contributed by atoms with E-state index in [0.717, 1.165) is 41.0 Å². The number of carbonyl (C=O) groups is 2. The Kier molecular flexibility index (Phi) is 4.45. The molecule has 0 saturated carbocycles. The number of amides is 1. The van der Waals surface area contributed by atoms with Gasteiger partial charge in [0.05, 0.1) is 5.56 Å². The van der Waals surface area contributed by atoms with E-state index in [2.05, 4.69) is 0 Å². The van der Waals surface area contributed by atoms with Crippen molar-refractivity contribution in [1.29, 1.82) is 0 Å². The number of rotatable bonds is 3. The number of thiophene rings is 1. The number of halogens is 3. The normalized spacial score (nSPS) is 14.1. The van der Waals surface area contributed by atoms with Crippen LogP contribution < -0.4 is 5.32 Å². The van der Waals surface area contributed by atoms with Gasteiger partial charge in [-0.2, -0.15) is 13.2 Å². The zero-order valence-electron chi connectivity index (χ0n) is 12.6. The minimum absolute atomic E-state index is 0.00178. The highest BCUT2D eigenvalue weighted by molar-refractivity contribution is 7.17. The summed E-state index contributed by atoms with van der Waals surface area (Å²) >= 11 is 1.08. The van der Waals surface area contributed by atoms with E-state index in [1.165, 1.54) is 0 Å². The minimum Gasteiger partial charge on any atom is -0.309 e. The smallest absolute Gasteiger partial charge is 0.309 e. The summed E-state index contributed by atoms with van der Waals surface area (Å²) in [5, 5.41) is 1.89. The molecular weight excluding hydrogens is 339 g/mol. The molecule has 0 radical (unpaired) electrons. The van der Waals surface area contributed by atoms with E-state index in [-0.39, 0.29) is 16.3 Å². The van der Waals surface area contributed by atoms with Gasteiger partial charge in [-0.25, -0.2) is 0 Å². The van der Waals surface area contributed by atoms with Crippen LogP contribution in [0.5, 0.6) is 0 Å². The van der Waals surface area contributed by atoms with Gasteiger partial charge in [0.2, 0.25) is 0 Å². The molecule has 0 unspecified atom stereocenters. The highest BCUT2D eigenvalue weighted by Gasteiger charge is 2.40. The number of alkyl halides is 3. The third-order valence-corrected chi connectivity index (χ3v) is 5.13. The monoisotopic (exact) mass is 353 g/mol. The van der Waals surface area contributed by atoms with Gasteiger partial charge >= 0.3 is 12.1 Å². The Bertz CT molecular complexity index is 781. The molecule has 126 valence electrons. The van der Waals surface area contributed by atoms with Crippen LogP contribution in [0.1, 0.15) is 39.2 Å². The van der Waals surface area contributed by atoms with E-state index < -0.39 is 12.1 Å². The van der Waals surface area contributed by atoms with E-state index in [0.29, 0.717) is 12.0 Å². The molecular formula is C17H14F3NO2S. The van der Waals surface area contributed by atoms with Crippen LogP contribution in [0.15, 0.2) is 30.3 Å². The highest BCUT2D eigenvalue weighted by atomic mass is 32.1. The molecule has 24 heavy (non-hydrogen) atoms. The zero-order valence-corrected chi connectivity index (χ0v) is 13.4. The summed E-state index contributed by atoms with van der Waals surface area (Å²) in [5.41, 5.74) is 1.38. The molecule has 3 rings (SSSR count). The van der Waals surface area contributed by atoms with Crippen molar-refractivity contribution < 1.29 is 22.8 Å². The Labute approximate surface area is 140 Å². The zero-order chi connectivity index (χ0) is 17.3. The maximum absolute atomic E-state index is 12.8. The molecule has 1 amide bonds. The van der Waals surface area contributed by atoms with Crippen LogP contribution in [-0.4, -0.2) is 17.9 Å². The summed E-state index contributed by atoms with van der Waals surface area (Å²) < 4.78 is 37.7. The quantitative estimate of drug-likeness (QED) is 0.834. The Morgan fingerprint density at radius 3 is 2.38 bits per heavy atom. The van der Waals surface area contributed by atoms with Crippen molar-refractivity contribution >= 4 is 28.0 Å². The van der Waals surface area contributed by atoms with Crippen LogP contribution in [0.4, 0.5) is 18.2 Å². The topological polar surface area (TPSA) is 46.2 Å². The molecule has 0 atom stereocenters. The van der Waals surface area contributed by atoms with Crippen LogP contribution in [0.25, 0.3) is 0 Å². The van der Waals surface area contributed by atoms with Gasteiger partial charge < -0.3 is 5.32 Å². The minimum atomic E-state index is -4.99. The Morgan fingerprint density at radius 2 is 1.71 bits per heavy atom. The second-order valence-electron chi connectivity index (χ2n) is 5.56. The van der Waals surface area contributed by atoms with Crippen molar-refractivity contribution in [3.63, 3.8) is 0 Å². The molecule has 0 saturated heterocycles. The molecule has 2 aromatic rings. The maximum atomic E-state index is 12.8. The average molecular weight is 353 g/mol. The van der Waals surface area contributed by atoms with Crippen LogP contribution in [-0.2, 0) is 17.6 Å².